The van der Waals surface area contributed by atoms with E-state index in [4.69, 9.17) is 5.53 Å². The molecule has 0 heterocycles. The van der Waals surface area contributed by atoms with Crippen LogP contribution in [0.25, 0.3) is 11.1 Å². The lowest BCUT2D eigenvalue weighted by molar-refractivity contribution is -0.00855. The Labute approximate surface area is 89.2 Å². The van der Waals surface area contributed by atoms with Crippen LogP contribution >= 0.6 is 0 Å². The summed E-state index contributed by atoms with van der Waals surface area (Å²) >= 11 is 0. The fourth-order valence-electron chi connectivity index (χ4n) is 1.68. The van der Waals surface area contributed by atoms with Gasteiger partial charge in [0.15, 0.2) is 0 Å². The Morgan fingerprint density at radius 2 is 1.87 bits per heavy atom. The monoisotopic (exact) mass is 196 g/mol. The second-order valence-corrected chi connectivity index (χ2v) is 3.63. The van der Waals surface area contributed by atoms with E-state index < -0.39 is 0 Å². The molecule has 0 bridgehead atoms. The Morgan fingerprint density at radius 3 is 2.47 bits per heavy atom. The van der Waals surface area contributed by atoms with Crippen molar-refractivity contribution in [2.24, 2.45) is 5.92 Å². The molecule has 0 fully saturated rings. The third-order valence-electron chi connectivity index (χ3n) is 2.55. The Bertz CT molecular complexity index is 463. The zero-order chi connectivity index (χ0) is 10.7. The third kappa shape index (κ3) is 1.95. The van der Waals surface area contributed by atoms with Crippen LogP contribution in [0.2, 0.25) is 0 Å². The zero-order valence-electron chi connectivity index (χ0n) is 8.59. The Kier molecular flexibility index (Phi) is 2.61. The van der Waals surface area contributed by atoms with Crippen molar-refractivity contribution < 1.29 is 4.79 Å². The highest BCUT2D eigenvalue weighted by Crippen LogP contribution is 2.22. The fourth-order valence-corrected chi connectivity index (χ4v) is 1.68. The average Bonchev–Trinajstić information content (AvgIpc) is 2.30. The molecule has 0 saturated heterocycles. The van der Waals surface area contributed by atoms with E-state index in [0.717, 1.165) is 0 Å². The topological polar surface area (TPSA) is 36.4 Å². The molecule has 0 saturated carbocycles. The van der Waals surface area contributed by atoms with Gasteiger partial charge in [-0.15, -0.1) is 0 Å². The summed E-state index contributed by atoms with van der Waals surface area (Å²) < 4.78 is 0. The van der Waals surface area contributed by atoms with Gasteiger partial charge in [-0.3, -0.25) is 0 Å². The van der Waals surface area contributed by atoms with Crippen LogP contribution in [0, 0.1) is 5.92 Å². The van der Waals surface area contributed by atoms with Crippen LogP contribution < -0.4 is 0 Å². The molecule has 0 aliphatic heterocycles. The number of nitrogens with zero attached hydrogens (tertiary/aromatic N) is 2. The minimum Gasteiger partial charge on any atom is -0.361 e. The molecule has 2 heteroatoms. The van der Waals surface area contributed by atoms with Crippen LogP contribution in [0.4, 0.5) is 0 Å². The summed E-state index contributed by atoms with van der Waals surface area (Å²) in [5, 5.41) is 0. The summed E-state index contributed by atoms with van der Waals surface area (Å²) in [6, 6.07) is 10.2. The van der Waals surface area contributed by atoms with Crippen LogP contribution in [-0.4, -0.2) is 10.5 Å². The minimum atomic E-state index is 0.162. The molecule has 2 rings (SSSR count). The molecule has 0 amide bonds. The molecule has 0 radical (unpaired) electrons. The standard InChI is InChI=1S/C13H12N2/c1-10-9-12(7-8-13(10)15-14)11-5-3-2-4-6-11/h2-10H,1H3. The van der Waals surface area contributed by atoms with Crippen molar-refractivity contribution in [3.63, 3.8) is 0 Å². The van der Waals surface area contributed by atoms with Gasteiger partial charge >= 0.3 is 0 Å². The second-order valence-electron chi connectivity index (χ2n) is 3.63. The summed E-state index contributed by atoms with van der Waals surface area (Å²) in [7, 11) is 0. The summed E-state index contributed by atoms with van der Waals surface area (Å²) in [6.07, 6.45) is 5.93. The zero-order valence-corrected chi connectivity index (χ0v) is 8.59. The summed E-state index contributed by atoms with van der Waals surface area (Å²) in [4.78, 5) is 3.24. The van der Waals surface area contributed by atoms with Gasteiger partial charge in [-0.2, -0.15) is 4.79 Å². The first-order valence-corrected chi connectivity index (χ1v) is 4.98. The van der Waals surface area contributed by atoms with E-state index in [2.05, 4.69) is 23.0 Å². The SMILES string of the molecule is CC1C=C(c2ccccc2)C=CC1=[N+]=[N-]. The number of benzene rings is 1. The van der Waals surface area contributed by atoms with Crippen molar-refractivity contribution >= 4 is 11.3 Å². The predicted molar refractivity (Wildman–Crippen MR) is 61.3 cm³/mol. The van der Waals surface area contributed by atoms with Gasteiger partial charge in [-0.25, -0.2) is 0 Å². The van der Waals surface area contributed by atoms with E-state index in [9.17, 15) is 0 Å². The summed E-state index contributed by atoms with van der Waals surface area (Å²) in [5.74, 6) is 0.162. The molecule has 74 valence electrons. The maximum absolute atomic E-state index is 8.73. The first-order valence-electron chi connectivity index (χ1n) is 4.98. The van der Waals surface area contributed by atoms with Crippen LogP contribution in [0.1, 0.15) is 12.5 Å². The molecule has 15 heavy (non-hydrogen) atoms. The van der Waals surface area contributed by atoms with Gasteiger partial charge in [0.2, 0.25) is 0 Å². The lowest BCUT2D eigenvalue weighted by atomic mass is 9.92. The number of hydrogen-bond donors (Lipinski definition) is 0. The molecule has 1 aliphatic rings. The molecule has 1 aromatic carbocycles. The molecule has 1 aromatic rings. The largest absolute Gasteiger partial charge is 0.361 e. The first-order chi connectivity index (χ1) is 7.31. The molecular formula is C13H12N2. The minimum absolute atomic E-state index is 0.162. The normalized spacial score (nSPS) is 19.7. The third-order valence-corrected chi connectivity index (χ3v) is 2.55. The van der Waals surface area contributed by atoms with E-state index in [1.54, 1.807) is 0 Å². The van der Waals surface area contributed by atoms with E-state index in [1.165, 1.54) is 11.1 Å². The smallest absolute Gasteiger partial charge is 0.298 e. The molecular weight excluding hydrogens is 184 g/mol. The van der Waals surface area contributed by atoms with E-state index in [1.807, 2.05) is 37.3 Å². The van der Waals surface area contributed by atoms with Gasteiger partial charge in [0.25, 0.3) is 5.71 Å². The fraction of sp³-hybridized carbons (Fsp3) is 0.154. The highest BCUT2D eigenvalue weighted by Gasteiger charge is 2.17. The Balaban J connectivity index is 2.36. The van der Waals surface area contributed by atoms with Crippen LogP contribution in [0.15, 0.2) is 48.6 Å². The first kappa shape index (κ1) is 9.63. The highest BCUT2D eigenvalue weighted by atomic mass is 14.9. The number of hydrogen-bond acceptors (Lipinski definition) is 0. The van der Waals surface area contributed by atoms with Crippen molar-refractivity contribution in [3.8, 4) is 0 Å². The molecule has 1 aliphatic carbocycles. The van der Waals surface area contributed by atoms with Crippen molar-refractivity contribution in [3.05, 3.63) is 59.7 Å². The Hall–Kier alpha value is -1.92. The van der Waals surface area contributed by atoms with E-state index >= 15 is 0 Å². The van der Waals surface area contributed by atoms with Crippen LogP contribution in [0.5, 0.6) is 0 Å². The molecule has 0 aromatic heterocycles. The highest BCUT2D eigenvalue weighted by molar-refractivity contribution is 5.99. The maximum atomic E-state index is 8.73. The van der Waals surface area contributed by atoms with Crippen LogP contribution in [0.3, 0.4) is 0 Å². The van der Waals surface area contributed by atoms with Crippen molar-refractivity contribution in [1.29, 1.82) is 0 Å². The molecule has 1 atom stereocenters. The number of rotatable bonds is 1. The van der Waals surface area contributed by atoms with Gasteiger partial charge in [-0.1, -0.05) is 36.4 Å². The Morgan fingerprint density at radius 1 is 1.13 bits per heavy atom. The van der Waals surface area contributed by atoms with Gasteiger partial charge in [-0.05, 0) is 24.1 Å². The van der Waals surface area contributed by atoms with Gasteiger partial charge < -0.3 is 5.53 Å². The maximum Gasteiger partial charge on any atom is 0.298 e. The molecule has 0 spiro atoms. The lowest BCUT2D eigenvalue weighted by Gasteiger charge is -2.09. The van der Waals surface area contributed by atoms with Gasteiger partial charge in [0.1, 0.15) is 0 Å². The lowest BCUT2D eigenvalue weighted by Crippen LogP contribution is -2.10. The average molecular weight is 196 g/mol. The second kappa shape index (κ2) is 4.07. The van der Waals surface area contributed by atoms with Crippen molar-refractivity contribution in [2.75, 3.05) is 0 Å². The van der Waals surface area contributed by atoms with Crippen molar-refractivity contribution in [2.45, 2.75) is 6.92 Å². The predicted octanol–water partition coefficient (Wildman–Crippen LogP) is 2.95. The molecule has 2 nitrogen and oxygen atoms in total. The number of allylic oxidation sites excluding steroid dienone is 4. The van der Waals surface area contributed by atoms with Crippen molar-refractivity contribution in [1.82, 2.24) is 0 Å². The van der Waals surface area contributed by atoms with Gasteiger partial charge in [0.05, 0.1) is 5.92 Å². The molecule has 1 unspecified atom stereocenters. The van der Waals surface area contributed by atoms with E-state index in [0.29, 0.717) is 5.71 Å². The quantitative estimate of drug-likeness (QED) is 0.489. The van der Waals surface area contributed by atoms with Gasteiger partial charge in [0, 0.05) is 6.08 Å². The molecule has 0 N–H and O–H groups in total. The van der Waals surface area contributed by atoms with Crippen LogP contribution in [-0.2, 0) is 0 Å². The summed E-state index contributed by atoms with van der Waals surface area (Å²) in [6.45, 7) is 2.02. The van der Waals surface area contributed by atoms with E-state index in [-0.39, 0.29) is 5.92 Å². The summed E-state index contributed by atoms with van der Waals surface area (Å²) in [5.41, 5.74) is 11.8.